The number of nitrogens with one attached hydrogen (secondary N) is 1. The van der Waals surface area contributed by atoms with E-state index in [1.807, 2.05) is 6.07 Å². The van der Waals surface area contributed by atoms with Crippen LogP contribution in [0.1, 0.15) is 32.1 Å². The summed E-state index contributed by atoms with van der Waals surface area (Å²) in [5.74, 6) is 0.451. The van der Waals surface area contributed by atoms with Crippen molar-refractivity contribution in [3.05, 3.63) is 22.7 Å². The van der Waals surface area contributed by atoms with E-state index in [1.54, 1.807) is 19.2 Å². The van der Waals surface area contributed by atoms with Crippen molar-refractivity contribution in [2.24, 2.45) is 5.41 Å². The van der Waals surface area contributed by atoms with Crippen LogP contribution in [0.4, 0.5) is 5.69 Å². The number of benzene rings is 1. The van der Waals surface area contributed by atoms with Crippen LogP contribution in [0.15, 0.2) is 22.7 Å². The molecular formula is C15H17BrN2O2. The fraction of sp³-hybridized carbons (Fsp3) is 0.467. The molecule has 0 saturated heterocycles. The Hall–Kier alpha value is -1.54. The number of carbonyl (C=O) groups excluding carboxylic acids is 1. The summed E-state index contributed by atoms with van der Waals surface area (Å²) >= 11 is 3.40. The number of hydrogen-bond donors (Lipinski definition) is 1. The number of carbonyl (C=O) groups is 1. The maximum absolute atomic E-state index is 12.5. The minimum Gasteiger partial charge on any atom is -0.497 e. The van der Waals surface area contributed by atoms with Crippen LogP contribution in [0, 0.1) is 16.7 Å². The summed E-state index contributed by atoms with van der Waals surface area (Å²) in [4.78, 5) is 12.5. The normalized spacial score (nSPS) is 17.1. The van der Waals surface area contributed by atoms with Gasteiger partial charge in [0.25, 0.3) is 0 Å². The Labute approximate surface area is 127 Å². The maximum atomic E-state index is 12.5. The van der Waals surface area contributed by atoms with E-state index in [9.17, 15) is 10.1 Å². The lowest BCUT2D eigenvalue weighted by atomic mass is 9.74. The third kappa shape index (κ3) is 2.96. The van der Waals surface area contributed by atoms with E-state index in [0.717, 1.165) is 23.7 Å². The van der Waals surface area contributed by atoms with Crippen molar-refractivity contribution in [3.63, 3.8) is 0 Å². The van der Waals surface area contributed by atoms with Crippen molar-refractivity contribution >= 4 is 27.5 Å². The Kier molecular flexibility index (Phi) is 4.66. The predicted octanol–water partition coefficient (Wildman–Crippen LogP) is 3.87. The molecule has 0 unspecified atom stereocenters. The average molecular weight is 337 g/mol. The van der Waals surface area contributed by atoms with Crippen LogP contribution in [0.3, 0.4) is 0 Å². The lowest BCUT2D eigenvalue weighted by Gasteiger charge is -2.29. The Morgan fingerprint density at radius 3 is 2.70 bits per heavy atom. The van der Waals surface area contributed by atoms with Gasteiger partial charge in [-0.1, -0.05) is 19.3 Å². The average Bonchev–Trinajstić information content (AvgIpc) is 2.50. The highest BCUT2D eigenvalue weighted by molar-refractivity contribution is 9.10. The summed E-state index contributed by atoms with van der Waals surface area (Å²) in [5, 5.41) is 12.3. The van der Waals surface area contributed by atoms with Gasteiger partial charge >= 0.3 is 0 Å². The summed E-state index contributed by atoms with van der Waals surface area (Å²) in [5.41, 5.74) is -0.254. The third-order valence-corrected chi connectivity index (χ3v) is 4.47. The van der Waals surface area contributed by atoms with E-state index in [1.165, 1.54) is 0 Å². The molecule has 0 bridgehead atoms. The van der Waals surface area contributed by atoms with Crippen molar-refractivity contribution in [3.8, 4) is 11.8 Å². The van der Waals surface area contributed by atoms with Gasteiger partial charge in [-0.25, -0.2) is 0 Å². The minimum atomic E-state index is -0.888. The molecule has 4 nitrogen and oxygen atoms in total. The van der Waals surface area contributed by atoms with E-state index in [4.69, 9.17) is 4.74 Å². The first kappa shape index (κ1) is 14.9. The van der Waals surface area contributed by atoms with Crippen LogP contribution in [0.2, 0.25) is 0 Å². The van der Waals surface area contributed by atoms with Gasteiger partial charge in [-0.2, -0.15) is 5.26 Å². The van der Waals surface area contributed by atoms with Crippen LogP contribution < -0.4 is 10.1 Å². The summed E-state index contributed by atoms with van der Waals surface area (Å²) in [7, 11) is 1.58. The molecule has 0 aliphatic heterocycles. The zero-order chi connectivity index (χ0) is 14.6. The molecule has 1 fully saturated rings. The summed E-state index contributed by atoms with van der Waals surface area (Å²) in [6.07, 6.45) is 4.23. The molecule has 1 aromatic rings. The van der Waals surface area contributed by atoms with Gasteiger partial charge in [0, 0.05) is 10.5 Å². The molecule has 1 N–H and O–H groups in total. The molecular weight excluding hydrogens is 320 g/mol. The molecule has 1 amide bonds. The Bertz CT molecular complexity index is 545. The number of halogens is 1. The molecule has 1 saturated carbocycles. The van der Waals surface area contributed by atoms with Gasteiger partial charge in [0.05, 0.1) is 18.9 Å². The number of hydrogen-bond acceptors (Lipinski definition) is 3. The number of nitriles is 1. The van der Waals surface area contributed by atoms with Gasteiger partial charge in [-0.15, -0.1) is 0 Å². The fourth-order valence-corrected chi connectivity index (χ4v) is 2.86. The molecule has 5 heteroatoms. The van der Waals surface area contributed by atoms with Crippen molar-refractivity contribution in [2.45, 2.75) is 32.1 Å². The largest absolute Gasteiger partial charge is 0.497 e. The Morgan fingerprint density at radius 1 is 1.40 bits per heavy atom. The maximum Gasteiger partial charge on any atom is 0.244 e. The molecule has 1 aliphatic carbocycles. The molecule has 2 rings (SSSR count). The standard InChI is InChI=1S/C15H17BrN2O2/c1-20-11-5-6-12(16)13(9-11)18-14(19)15(10-17)7-3-2-4-8-15/h5-6,9H,2-4,7-8H2,1H3,(H,18,19). The van der Waals surface area contributed by atoms with Gasteiger partial charge in [-0.3, -0.25) is 4.79 Å². The van der Waals surface area contributed by atoms with E-state index in [2.05, 4.69) is 27.3 Å². The molecule has 1 aromatic carbocycles. The smallest absolute Gasteiger partial charge is 0.244 e. The first-order valence-corrected chi connectivity index (χ1v) is 7.47. The van der Waals surface area contributed by atoms with Crippen molar-refractivity contribution < 1.29 is 9.53 Å². The van der Waals surface area contributed by atoms with E-state index >= 15 is 0 Å². The Balaban J connectivity index is 2.20. The van der Waals surface area contributed by atoms with Crippen LogP contribution >= 0.6 is 15.9 Å². The van der Waals surface area contributed by atoms with Gasteiger partial charge < -0.3 is 10.1 Å². The van der Waals surface area contributed by atoms with Crippen molar-refractivity contribution in [1.82, 2.24) is 0 Å². The highest BCUT2D eigenvalue weighted by Gasteiger charge is 2.40. The summed E-state index contributed by atoms with van der Waals surface area (Å²) in [6, 6.07) is 7.59. The second-order valence-electron chi connectivity index (χ2n) is 5.05. The monoisotopic (exact) mass is 336 g/mol. The van der Waals surface area contributed by atoms with Crippen molar-refractivity contribution in [1.29, 1.82) is 5.26 Å². The molecule has 0 heterocycles. The van der Waals surface area contributed by atoms with Crippen LogP contribution in [0.5, 0.6) is 5.75 Å². The second-order valence-corrected chi connectivity index (χ2v) is 5.91. The molecule has 20 heavy (non-hydrogen) atoms. The quantitative estimate of drug-likeness (QED) is 0.911. The van der Waals surface area contributed by atoms with Crippen LogP contribution in [-0.4, -0.2) is 13.0 Å². The number of ether oxygens (including phenoxy) is 1. The van der Waals surface area contributed by atoms with E-state index in [-0.39, 0.29) is 5.91 Å². The summed E-state index contributed by atoms with van der Waals surface area (Å²) in [6.45, 7) is 0. The summed E-state index contributed by atoms with van der Waals surface area (Å²) < 4.78 is 5.92. The lowest BCUT2D eigenvalue weighted by Crippen LogP contribution is -2.36. The van der Waals surface area contributed by atoms with Crippen molar-refractivity contribution in [2.75, 3.05) is 12.4 Å². The number of methoxy groups -OCH3 is 1. The van der Waals surface area contributed by atoms with Gasteiger partial charge in [0.1, 0.15) is 11.2 Å². The number of rotatable bonds is 3. The molecule has 0 radical (unpaired) electrons. The molecule has 1 aliphatic rings. The second kappa shape index (κ2) is 6.27. The third-order valence-electron chi connectivity index (χ3n) is 3.78. The van der Waals surface area contributed by atoms with E-state index < -0.39 is 5.41 Å². The van der Waals surface area contributed by atoms with E-state index in [0.29, 0.717) is 24.3 Å². The number of anilines is 1. The van der Waals surface area contributed by atoms with Gasteiger partial charge in [-0.05, 0) is 40.9 Å². The lowest BCUT2D eigenvalue weighted by molar-refractivity contribution is -0.124. The number of nitrogens with zero attached hydrogens (tertiary/aromatic N) is 1. The Morgan fingerprint density at radius 2 is 2.10 bits per heavy atom. The number of amides is 1. The first-order chi connectivity index (χ1) is 9.61. The molecule has 0 spiro atoms. The molecule has 0 atom stereocenters. The zero-order valence-corrected chi connectivity index (χ0v) is 13.0. The minimum absolute atomic E-state index is 0.214. The predicted molar refractivity (Wildman–Crippen MR) is 80.5 cm³/mol. The topological polar surface area (TPSA) is 62.1 Å². The van der Waals surface area contributed by atoms with Gasteiger partial charge in [0.15, 0.2) is 0 Å². The SMILES string of the molecule is COc1ccc(Br)c(NC(=O)C2(C#N)CCCCC2)c1. The van der Waals surface area contributed by atoms with Crippen LogP contribution in [-0.2, 0) is 4.79 Å². The molecule has 106 valence electrons. The van der Waals surface area contributed by atoms with Crippen LogP contribution in [0.25, 0.3) is 0 Å². The van der Waals surface area contributed by atoms with Gasteiger partial charge in [0.2, 0.25) is 5.91 Å². The first-order valence-electron chi connectivity index (χ1n) is 6.67. The fourth-order valence-electron chi connectivity index (χ4n) is 2.51. The highest BCUT2D eigenvalue weighted by Crippen LogP contribution is 2.37. The zero-order valence-electron chi connectivity index (χ0n) is 11.4. The highest BCUT2D eigenvalue weighted by atomic mass is 79.9. The molecule has 0 aromatic heterocycles.